The summed E-state index contributed by atoms with van der Waals surface area (Å²) in [6.45, 7) is 4.11. The molecular weight excluding hydrogens is 336 g/mol. The van der Waals surface area contributed by atoms with E-state index < -0.39 is 5.63 Å². The van der Waals surface area contributed by atoms with E-state index in [4.69, 9.17) is 4.42 Å². The van der Waals surface area contributed by atoms with Crippen LogP contribution in [-0.2, 0) is 0 Å². The highest BCUT2D eigenvalue weighted by atomic mass is 32.2. The standard InChI is InChI=1S/C18H14N4O2S/c1-11-7-8-13(9-12(11)2)22-18(19-20-21-22)25-16-10-17(23)24-15-6-4-3-5-14(15)16/h3-10H,1-2H3. The summed E-state index contributed by atoms with van der Waals surface area (Å²) in [5.41, 5.74) is 3.39. The molecular formula is C18H14N4O2S. The number of aryl methyl sites for hydroxylation is 2. The largest absolute Gasteiger partial charge is 0.423 e. The molecule has 2 aromatic heterocycles. The van der Waals surface area contributed by atoms with Gasteiger partial charge in [-0.1, -0.05) is 24.3 Å². The summed E-state index contributed by atoms with van der Waals surface area (Å²) in [5.74, 6) is 0. The molecule has 0 unspecified atom stereocenters. The van der Waals surface area contributed by atoms with E-state index in [0.29, 0.717) is 10.7 Å². The predicted octanol–water partition coefficient (Wildman–Crippen LogP) is 3.54. The van der Waals surface area contributed by atoms with Crippen LogP contribution in [0.5, 0.6) is 0 Å². The second-order valence-electron chi connectivity index (χ2n) is 5.67. The molecule has 0 atom stereocenters. The first-order chi connectivity index (χ1) is 12.1. The predicted molar refractivity (Wildman–Crippen MR) is 95.2 cm³/mol. The van der Waals surface area contributed by atoms with Gasteiger partial charge in [0.25, 0.3) is 0 Å². The van der Waals surface area contributed by atoms with E-state index in [1.54, 1.807) is 10.7 Å². The molecule has 4 aromatic rings. The Bertz CT molecular complexity index is 1130. The lowest BCUT2D eigenvalue weighted by Gasteiger charge is -2.08. The molecule has 25 heavy (non-hydrogen) atoms. The molecule has 0 aliphatic rings. The SMILES string of the molecule is Cc1ccc(-n2nnnc2Sc2cc(=O)oc3ccccc23)cc1C. The van der Waals surface area contributed by atoms with Gasteiger partial charge in [0.2, 0.25) is 5.16 Å². The van der Waals surface area contributed by atoms with Crippen LogP contribution in [0.25, 0.3) is 16.7 Å². The fourth-order valence-electron chi connectivity index (χ4n) is 2.53. The average Bonchev–Trinajstić information content (AvgIpc) is 3.05. The normalized spacial score (nSPS) is 11.1. The van der Waals surface area contributed by atoms with Crippen molar-refractivity contribution in [3.63, 3.8) is 0 Å². The minimum Gasteiger partial charge on any atom is -0.423 e. The lowest BCUT2D eigenvalue weighted by Crippen LogP contribution is -2.01. The maximum atomic E-state index is 11.8. The van der Waals surface area contributed by atoms with Crippen LogP contribution in [0, 0.1) is 13.8 Å². The smallest absolute Gasteiger partial charge is 0.337 e. The Morgan fingerprint density at radius 3 is 2.72 bits per heavy atom. The third kappa shape index (κ3) is 2.94. The Kier molecular flexibility index (Phi) is 3.85. The van der Waals surface area contributed by atoms with Gasteiger partial charge in [0.15, 0.2) is 0 Å². The maximum Gasteiger partial charge on any atom is 0.337 e. The Balaban J connectivity index is 1.80. The van der Waals surface area contributed by atoms with Gasteiger partial charge in [-0.3, -0.25) is 0 Å². The minimum atomic E-state index is -0.397. The second-order valence-corrected chi connectivity index (χ2v) is 6.68. The fourth-order valence-corrected chi connectivity index (χ4v) is 3.46. The Labute approximate surface area is 147 Å². The summed E-state index contributed by atoms with van der Waals surface area (Å²) >= 11 is 1.34. The number of aromatic nitrogens is 4. The van der Waals surface area contributed by atoms with Gasteiger partial charge in [-0.05, 0) is 65.4 Å². The molecule has 0 N–H and O–H groups in total. The van der Waals surface area contributed by atoms with Crippen molar-refractivity contribution in [2.75, 3.05) is 0 Å². The molecule has 0 spiro atoms. The molecule has 124 valence electrons. The van der Waals surface area contributed by atoms with Crippen LogP contribution >= 0.6 is 11.8 Å². The van der Waals surface area contributed by atoms with Crippen molar-refractivity contribution in [1.29, 1.82) is 0 Å². The summed E-state index contributed by atoms with van der Waals surface area (Å²) in [7, 11) is 0. The summed E-state index contributed by atoms with van der Waals surface area (Å²) in [4.78, 5) is 12.6. The van der Waals surface area contributed by atoms with E-state index in [2.05, 4.69) is 22.4 Å². The van der Waals surface area contributed by atoms with Gasteiger partial charge in [0, 0.05) is 16.3 Å². The molecule has 2 heterocycles. The van der Waals surface area contributed by atoms with E-state index in [1.807, 2.05) is 43.3 Å². The lowest BCUT2D eigenvalue weighted by molar-refractivity contribution is 0.557. The zero-order valence-electron chi connectivity index (χ0n) is 13.6. The van der Waals surface area contributed by atoms with Gasteiger partial charge in [0.05, 0.1) is 5.69 Å². The number of rotatable bonds is 3. The van der Waals surface area contributed by atoms with Gasteiger partial charge in [-0.25, -0.2) is 4.79 Å². The van der Waals surface area contributed by atoms with Crippen LogP contribution < -0.4 is 5.63 Å². The van der Waals surface area contributed by atoms with E-state index in [1.165, 1.54) is 23.4 Å². The molecule has 2 aromatic carbocycles. The molecule has 0 aliphatic heterocycles. The van der Waals surface area contributed by atoms with Crippen LogP contribution in [0.2, 0.25) is 0 Å². The molecule has 0 saturated carbocycles. The first-order valence-electron chi connectivity index (χ1n) is 7.68. The van der Waals surface area contributed by atoms with Crippen molar-refractivity contribution in [2.24, 2.45) is 0 Å². The van der Waals surface area contributed by atoms with Crippen molar-refractivity contribution in [3.05, 3.63) is 70.1 Å². The van der Waals surface area contributed by atoms with Crippen molar-refractivity contribution in [3.8, 4) is 5.69 Å². The van der Waals surface area contributed by atoms with Crippen LogP contribution in [0.1, 0.15) is 11.1 Å². The number of para-hydroxylation sites is 1. The fraction of sp³-hybridized carbons (Fsp3) is 0.111. The topological polar surface area (TPSA) is 73.8 Å². The van der Waals surface area contributed by atoms with Gasteiger partial charge < -0.3 is 4.42 Å². The number of hydrogen-bond acceptors (Lipinski definition) is 6. The first-order valence-corrected chi connectivity index (χ1v) is 8.50. The van der Waals surface area contributed by atoms with E-state index in [9.17, 15) is 4.79 Å². The van der Waals surface area contributed by atoms with Crippen molar-refractivity contribution in [2.45, 2.75) is 23.9 Å². The summed E-state index contributed by atoms with van der Waals surface area (Å²) in [6.07, 6.45) is 0. The molecule has 0 bridgehead atoms. The highest BCUT2D eigenvalue weighted by molar-refractivity contribution is 7.99. The number of benzene rings is 2. The van der Waals surface area contributed by atoms with Crippen molar-refractivity contribution in [1.82, 2.24) is 20.2 Å². The molecule has 0 amide bonds. The summed E-state index contributed by atoms with van der Waals surface area (Å²) in [5, 5.41) is 13.4. The van der Waals surface area contributed by atoms with Crippen molar-refractivity contribution < 1.29 is 4.42 Å². The van der Waals surface area contributed by atoms with Gasteiger partial charge >= 0.3 is 5.63 Å². The molecule has 7 heteroatoms. The van der Waals surface area contributed by atoms with Crippen molar-refractivity contribution >= 4 is 22.7 Å². The van der Waals surface area contributed by atoms with Gasteiger partial charge in [-0.2, -0.15) is 4.68 Å². The monoisotopic (exact) mass is 350 g/mol. The maximum absolute atomic E-state index is 11.8. The summed E-state index contributed by atoms with van der Waals surface area (Å²) in [6, 6.07) is 14.9. The molecule has 6 nitrogen and oxygen atoms in total. The average molecular weight is 350 g/mol. The highest BCUT2D eigenvalue weighted by Gasteiger charge is 2.14. The molecule has 0 aliphatic carbocycles. The lowest BCUT2D eigenvalue weighted by atomic mass is 10.1. The van der Waals surface area contributed by atoms with Crippen LogP contribution in [0.15, 0.2) is 67.8 Å². The first kappa shape index (κ1) is 15.6. The Morgan fingerprint density at radius 1 is 1.04 bits per heavy atom. The number of tetrazole rings is 1. The Hall–Kier alpha value is -2.93. The number of hydrogen-bond donors (Lipinski definition) is 0. The number of nitrogens with zero attached hydrogens (tertiary/aromatic N) is 4. The van der Waals surface area contributed by atoms with E-state index >= 15 is 0 Å². The molecule has 0 fully saturated rings. The Morgan fingerprint density at radius 2 is 1.88 bits per heavy atom. The summed E-state index contributed by atoms with van der Waals surface area (Å²) < 4.78 is 6.91. The zero-order valence-corrected chi connectivity index (χ0v) is 14.4. The van der Waals surface area contributed by atoms with E-state index in [-0.39, 0.29) is 0 Å². The highest BCUT2D eigenvalue weighted by Crippen LogP contribution is 2.32. The van der Waals surface area contributed by atoms with Gasteiger partial charge in [-0.15, -0.1) is 5.10 Å². The van der Waals surface area contributed by atoms with Crippen LogP contribution in [-0.4, -0.2) is 20.2 Å². The number of fused-ring (bicyclic) bond motifs is 1. The molecule has 4 rings (SSSR count). The molecule has 0 saturated heterocycles. The third-order valence-corrected chi connectivity index (χ3v) is 4.98. The minimum absolute atomic E-state index is 0.397. The van der Waals surface area contributed by atoms with Gasteiger partial charge in [0.1, 0.15) is 5.58 Å². The van der Waals surface area contributed by atoms with Crippen LogP contribution in [0.3, 0.4) is 0 Å². The van der Waals surface area contributed by atoms with E-state index in [0.717, 1.165) is 21.5 Å². The molecule has 0 radical (unpaired) electrons. The second kappa shape index (κ2) is 6.18. The quantitative estimate of drug-likeness (QED) is 0.526. The third-order valence-electron chi connectivity index (χ3n) is 3.99. The zero-order chi connectivity index (χ0) is 17.4. The van der Waals surface area contributed by atoms with Crippen LogP contribution in [0.4, 0.5) is 0 Å².